The second kappa shape index (κ2) is 52.7. The molecule has 0 N–H and O–H groups in total. The lowest BCUT2D eigenvalue weighted by molar-refractivity contribution is -0.167. The number of allylic oxidation sites excluding steroid dienone is 18. The van der Waals surface area contributed by atoms with E-state index in [9.17, 15) is 14.4 Å². The Kier molecular flexibility index (Phi) is 49.5. The molecule has 0 aromatic carbocycles. The van der Waals surface area contributed by atoms with E-state index in [0.29, 0.717) is 25.7 Å². The molecule has 0 aliphatic carbocycles. The lowest BCUT2D eigenvalue weighted by Gasteiger charge is -2.18. The molecular weight excluding hydrogens is 805 g/mol. The third kappa shape index (κ3) is 50.9. The molecule has 6 heteroatoms. The van der Waals surface area contributed by atoms with E-state index in [0.717, 1.165) is 96.3 Å². The SMILES string of the molecule is CC/C=C\C/C=C\C/C=C\C/C=C\CCCCC(=O)OC[C@H](COC(=O)CCC/C=C\C/C=C\C/C=C\C/C=C\CCCCC)OC(=O)CCCCCCC/C=C\CCCCCCCC. The Morgan fingerprint density at radius 3 is 1.08 bits per heavy atom. The van der Waals surface area contributed by atoms with Crippen molar-refractivity contribution in [1.82, 2.24) is 0 Å². The van der Waals surface area contributed by atoms with Crippen molar-refractivity contribution in [2.45, 2.75) is 232 Å². The van der Waals surface area contributed by atoms with E-state index in [-0.39, 0.29) is 37.5 Å². The zero-order valence-corrected chi connectivity index (χ0v) is 42.0. The molecule has 0 aliphatic heterocycles. The van der Waals surface area contributed by atoms with Gasteiger partial charge in [-0.15, -0.1) is 0 Å². The summed E-state index contributed by atoms with van der Waals surface area (Å²) in [7, 11) is 0. The van der Waals surface area contributed by atoms with Crippen LogP contribution in [0.2, 0.25) is 0 Å². The average molecular weight is 901 g/mol. The number of carbonyl (C=O) groups excluding carboxylic acids is 3. The predicted octanol–water partition coefficient (Wildman–Crippen LogP) is 17.5. The number of carbonyl (C=O) groups is 3. The van der Waals surface area contributed by atoms with Gasteiger partial charge in [0.2, 0.25) is 0 Å². The van der Waals surface area contributed by atoms with Gasteiger partial charge in [-0.25, -0.2) is 0 Å². The van der Waals surface area contributed by atoms with Gasteiger partial charge < -0.3 is 14.2 Å². The molecule has 0 amide bonds. The molecule has 65 heavy (non-hydrogen) atoms. The highest BCUT2D eigenvalue weighted by Gasteiger charge is 2.19. The van der Waals surface area contributed by atoms with Crippen LogP contribution in [0, 0.1) is 0 Å². The molecule has 0 bridgehead atoms. The third-order valence-electron chi connectivity index (χ3n) is 10.7. The fourth-order valence-corrected chi connectivity index (χ4v) is 6.77. The van der Waals surface area contributed by atoms with Crippen molar-refractivity contribution in [3.8, 4) is 0 Å². The van der Waals surface area contributed by atoms with Crippen molar-refractivity contribution in [1.29, 1.82) is 0 Å². The summed E-state index contributed by atoms with van der Waals surface area (Å²) in [6.07, 6.45) is 70.8. The minimum absolute atomic E-state index is 0.122. The van der Waals surface area contributed by atoms with Crippen molar-refractivity contribution < 1.29 is 28.6 Å². The van der Waals surface area contributed by atoms with Crippen molar-refractivity contribution in [2.24, 2.45) is 0 Å². The van der Waals surface area contributed by atoms with E-state index in [1.54, 1.807) is 0 Å². The van der Waals surface area contributed by atoms with Crippen LogP contribution >= 0.6 is 0 Å². The van der Waals surface area contributed by atoms with E-state index in [1.165, 1.54) is 77.0 Å². The molecule has 0 unspecified atom stereocenters. The lowest BCUT2D eigenvalue weighted by atomic mass is 10.1. The van der Waals surface area contributed by atoms with Gasteiger partial charge in [0.1, 0.15) is 13.2 Å². The van der Waals surface area contributed by atoms with Gasteiger partial charge in [0.25, 0.3) is 0 Å². The van der Waals surface area contributed by atoms with Crippen LogP contribution in [-0.2, 0) is 28.6 Å². The van der Waals surface area contributed by atoms with E-state index < -0.39 is 6.10 Å². The summed E-state index contributed by atoms with van der Waals surface area (Å²) in [5.41, 5.74) is 0. The molecule has 6 nitrogen and oxygen atoms in total. The quantitative estimate of drug-likeness (QED) is 0.0262. The van der Waals surface area contributed by atoms with Crippen LogP contribution in [-0.4, -0.2) is 37.2 Å². The minimum atomic E-state index is -0.823. The van der Waals surface area contributed by atoms with Crippen molar-refractivity contribution >= 4 is 17.9 Å². The zero-order chi connectivity index (χ0) is 47.2. The summed E-state index contributed by atoms with van der Waals surface area (Å²) in [5.74, 6) is -1.03. The van der Waals surface area contributed by atoms with Crippen LogP contribution in [0.3, 0.4) is 0 Å². The first-order chi connectivity index (χ1) is 32.0. The van der Waals surface area contributed by atoms with E-state index in [1.807, 2.05) is 0 Å². The molecule has 0 rings (SSSR count). The number of unbranched alkanes of at least 4 members (excludes halogenated alkanes) is 17. The molecule has 0 aliphatic rings. The maximum atomic E-state index is 12.8. The van der Waals surface area contributed by atoms with Crippen molar-refractivity contribution in [2.75, 3.05) is 13.2 Å². The normalized spacial score (nSPS) is 13.0. The van der Waals surface area contributed by atoms with Crippen LogP contribution in [0.4, 0.5) is 0 Å². The molecule has 1 atom stereocenters. The van der Waals surface area contributed by atoms with E-state index >= 15 is 0 Å². The second-order valence-electron chi connectivity index (χ2n) is 17.0. The highest BCUT2D eigenvalue weighted by Crippen LogP contribution is 2.12. The lowest BCUT2D eigenvalue weighted by Crippen LogP contribution is -2.30. The molecule has 0 aromatic rings. The third-order valence-corrected chi connectivity index (χ3v) is 10.7. The predicted molar refractivity (Wildman–Crippen MR) is 279 cm³/mol. The van der Waals surface area contributed by atoms with Crippen LogP contribution in [0.15, 0.2) is 109 Å². The molecule has 0 spiro atoms. The second-order valence-corrected chi connectivity index (χ2v) is 17.0. The Bertz CT molecular complexity index is 1360. The van der Waals surface area contributed by atoms with Crippen LogP contribution < -0.4 is 0 Å². The van der Waals surface area contributed by atoms with E-state index in [2.05, 4.69) is 130 Å². The molecule has 0 heterocycles. The first-order valence-electron chi connectivity index (χ1n) is 26.4. The Labute approximate surface area is 400 Å². The van der Waals surface area contributed by atoms with Gasteiger partial charge in [-0.1, -0.05) is 194 Å². The van der Waals surface area contributed by atoms with E-state index in [4.69, 9.17) is 14.2 Å². The Balaban J connectivity index is 4.57. The van der Waals surface area contributed by atoms with Gasteiger partial charge >= 0.3 is 17.9 Å². The molecule has 0 saturated carbocycles. The highest BCUT2D eigenvalue weighted by atomic mass is 16.6. The van der Waals surface area contributed by atoms with Gasteiger partial charge in [0, 0.05) is 19.3 Å². The molecule has 0 fully saturated rings. The summed E-state index contributed by atoms with van der Waals surface area (Å²) in [6.45, 7) is 6.39. The van der Waals surface area contributed by atoms with Crippen LogP contribution in [0.5, 0.6) is 0 Å². The number of rotatable bonds is 46. The molecule has 368 valence electrons. The number of hydrogen-bond acceptors (Lipinski definition) is 6. The summed E-state index contributed by atoms with van der Waals surface area (Å²) in [6, 6.07) is 0. The largest absolute Gasteiger partial charge is 0.462 e. The summed E-state index contributed by atoms with van der Waals surface area (Å²) in [5, 5.41) is 0. The highest BCUT2D eigenvalue weighted by molar-refractivity contribution is 5.71. The molecule has 0 radical (unpaired) electrons. The number of esters is 3. The van der Waals surface area contributed by atoms with Crippen molar-refractivity contribution in [3.63, 3.8) is 0 Å². The van der Waals surface area contributed by atoms with Crippen molar-refractivity contribution in [3.05, 3.63) is 109 Å². The zero-order valence-electron chi connectivity index (χ0n) is 42.0. The average Bonchev–Trinajstić information content (AvgIpc) is 3.30. The standard InChI is InChI=1S/C59H96O6/c1-4-7-10-13-16-19-22-25-28-29-32-34-37-40-43-46-49-52-58(61)64-55-56(65-59(62)53-50-47-44-41-38-35-31-27-24-21-18-15-12-9-6-3)54-63-57(60)51-48-45-42-39-36-33-30-26-23-20-17-14-11-8-5-2/h8,11,16-17,19-20,25-28,30-32,34,36,39-40,43,56H,4-7,9-10,12-15,18,21-24,29,33,35,37-38,41-42,44-55H2,1-3H3/b11-8-,19-16-,20-17-,28-25-,30-26-,31-27-,34-32-,39-36-,43-40-/t56-/m1/s1. The molecule has 0 saturated heterocycles. The van der Waals surface area contributed by atoms with Gasteiger partial charge in [0.15, 0.2) is 6.10 Å². The first-order valence-corrected chi connectivity index (χ1v) is 26.4. The number of ether oxygens (including phenoxy) is 3. The van der Waals surface area contributed by atoms with Crippen LogP contribution in [0.1, 0.15) is 226 Å². The fraction of sp³-hybridized carbons (Fsp3) is 0.644. The Hall–Kier alpha value is -3.93. The summed E-state index contributed by atoms with van der Waals surface area (Å²) in [4.78, 5) is 38.0. The van der Waals surface area contributed by atoms with Crippen LogP contribution in [0.25, 0.3) is 0 Å². The van der Waals surface area contributed by atoms with Gasteiger partial charge in [-0.2, -0.15) is 0 Å². The fourth-order valence-electron chi connectivity index (χ4n) is 6.77. The summed E-state index contributed by atoms with van der Waals surface area (Å²) >= 11 is 0. The topological polar surface area (TPSA) is 78.9 Å². The Morgan fingerprint density at radius 1 is 0.323 bits per heavy atom. The Morgan fingerprint density at radius 2 is 0.615 bits per heavy atom. The monoisotopic (exact) mass is 901 g/mol. The van der Waals surface area contributed by atoms with Gasteiger partial charge in [-0.05, 0) is 122 Å². The summed E-state index contributed by atoms with van der Waals surface area (Å²) < 4.78 is 16.7. The maximum absolute atomic E-state index is 12.8. The van der Waals surface area contributed by atoms with Gasteiger partial charge in [-0.3, -0.25) is 14.4 Å². The molecular formula is C59H96O6. The molecule has 0 aromatic heterocycles. The minimum Gasteiger partial charge on any atom is -0.462 e. The smallest absolute Gasteiger partial charge is 0.306 e. The maximum Gasteiger partial charge on any atom is 0.306 e. The first kappa shape index (κ1) is 61.1. The number of hydrogen-bond donors (Lipinski definition) is 0. The van der Waals surface area contributed by atoms with Gasteiger partial charge in [0.05, 0.1) is 0 Å².